The highest BCUT2D eigenvalue weighted by Gasteiger charge is 2.31. The van der Waals surface area contributed by atoms with Gasteiger partial charge < -0.3 is 10.6 Å². The summed E-state index contributed by atoms with van der Waals surface area (Å²) < 4.78 is 1.18. The highest BCUT2D eigenvalue weighted by Crippen LogP contribution is 2.37. The Kier molecular flexibility index (Phi) is 3.36. The topological polar surface area (TPSA) is 55.0 Å². The van der Waals surface area contributed by atoms with Crippen molar-refractivity contribution in [1.29, 1.82) is 0 Å². The molecule has 1 aliphatic rings. The van der Waals surface area contributed by atoms with Gasteiger partial charge in [0, 0.05) is 19.0 Å². The number of aromatic nitrogens is 2. The van der Waals surface area contributed by atoms with E-state index < -0.39 is 0 Å². The van der Waals surface area contributed by atoms with E-state index in [-0.39, 0.29) is 0 Å². The molecule has 19 heavy (non-hydrogen) atoms. The monoisotopic (exact) mass is 292 g/mol. The number of nitrogens with two attached hydrogens (primary N) is 1. The second kappa shape index (κ2) is 5.02. The molecule has 3 rings (SSSR count). The first kappa shape index (κ1) is 12.7. The number of aryl methyl sites for hydroxylation is 1. The molecule has 2 N–H and O–H groups in total. The molecule has 2 aromatic rings. The second-order valence-electron chi connectivity index (χ2n) is 4.93. The van der Waals surface area contributed by atoms with Crippen LogP contribution in [0.5, 0.6) is 0 Å². The van der Waals surface area contributed by atoms with Crippen LogP contribution < -0.4 is 10.6 Å². The maximum absolute atomic E-state index is 5.63. The molecular weight excluding hydrogens is 276 g/mol. The van der Waals surface area contributed by atoms with E-state index in [1.165, 1.54) is 23.1 Å². The Hall–Kier alpha value is -1.27. The first-order valence-electron chi connectivity index (χ1n) is 6.40. The lowest BCUT2D eigenvalue weighted by Gasteiger charge is -2.23. The van der Waals surface area contributed by atoms with Gasteiger partial charge in [0.25, 0.3) is 0 Å². The van der Waals surface area contributed by atoms with Gasteiger partial charge in [-0.3, -0.25) is 0 Å². The highest BCUT2D eigenvalue weighted by atomic mass is 32.1. The molecule has 0 radical (unpaired) electrons. The zero-order chi connectivity index (χ0) is 13.4. The van der Waals surface area contributed by atoms with Crippen molar-refractivity contribution in [3.63, 3.8) is 0 Å². The Morgan fingerprint density at radius 3 is 3.00 bits per heavy atom. The number of thiocarbonyl (C=S) groups is 1. The Bertz CT molecular complexity index is 618. The van der Waals surface area contributed by atoms with Gasteiger partial charge in [-0.05, 0) is 30.7 Å². The van der Waals surface area contributed by atoms with Crippen LogP contribution in [-0.2, 0) is 0 Å². The van der Waals surface area contributed by atoms with E-state index in [1.54, 1.807) is 17.7 Å². The third-order valence-corrected chi connectivity index (χ3v) is 4.66. The molecule has 2 aromatic heterocycles. The van der Waals surface area contributed by atoms with Crippen LogP contribution in [0.15, 0.2) is 11.7 Å². The van der Waals surface area contributed by atoms with Crippen molar-refractivity contribution in [1.82, 2.24) is 9.97 Å². The number of hydrogen-bond donors (Lipinski definition) is 1. The van der Waals surface area contributed by atoms with Crippen molar-refractivity contribution in [3.05, 3.63) is 17.3 Å². The highest BCUT2D eigenvalue weighted by molar-refractivity contribution is 7.80. The van der Waals surface area contributed by atoms with Crippen LogP contribution in [0, 0.1) is 6.92 Å². The van der Waals surface area contributed by atoms with Crippen LogP contribution >= 0.6 is 23.6 Å². The smallest absolute Gasteiger partial charge is 0.150 e. The van der Waals surface area contributed by atoms with Gasteiger partial charge in [0.15, 0.2) is 0 Å². The molecule has 1 fully saturated rings. The van der Waals surface area contributed by atoms with Gasteiger partial charge in [0.1, 0.15) is 12.1 Å². The standard InChI is InChI=1S/C13H16N4S2/c1-8-6-19-12-11(8)15-7-16-13(12)17(9-2-3-9)5-4-10(14)18/h6-7,9H,2-5H2,1H3,(H2,14,18). The van der Waals surface area contributed by atoms with Gasteiger partial charge in [0.2, 0.25) is 0 Å². The summed E-state index contributed by atoms with van der Waals surface area (Å²) in [5.74, 6) is 1.04. The van der Waals surface area contributed by atoms with E-state index in [4.69, 9.17) is 18.0 Å². The first-order chi connectivity index (χ1) is 9.16. The summed E-state index contributed by atoms with van der Waals surface area (Å²) in [6.45, 7) is 2.94. The van der Waals surface area contributed by atoms with Crippen molar-refractivity contribution in [2.75, 3.05) is 11.4 Å². The third-order valence-electron chi connectivity index (χ3n) is 3.37. The number of rotatable bonds is 5. The lowest BCUT2D eigenvalue weighted by atomic mass is 10.3. The molecule has 0 atom stereocenters. The molecule has 0 amide bonds. The fourth-order valence-corrected chi connectivity index (χ4v) is 3.34. The fourth-order valence-electron chi connectivity index (χ4n) is 2.24. The Morgan fingerprint density at radius 2 is 2.32 bits per heavy atom. The van der Waals surface area contributed by atoms with Crippen LogP contribution in [0.4, 0.5) is 5.82 Å². The van der Waals surface area contributed by atoms with Crippen LogP contribution in [0.25, 0.3) is 10.2 Å². The molecule has 2 heterocycles. The van der Waals surface area contributed by atoms with Gasteiger partial charge in [0.05, 0.1) is 15.2 Å². The van der Waals surface area contributed by atoms with E-state index in [0.717, 1.165) is 24.3 Å². The van der Waals surface area contributed by atoms with Crippen LogP contribution in [0.2, 0.25) is 0 Å². The Morgan fingerprint density at radius 1 is 1.53 bits per heavy atom. The number of anilines is 1. The first-order valence-corrected chi connectivity index (χ1v) is 7.69. The molecule has 6 heteroatoms. The molecule has 100 valence electrons. The van der Waals surface area contributed by atoms with E-state index in [1.807, 2.05) is 0 Å². The minimum atomic E-state index is 0.568. The molecule has 4 nitrogen and oxygen atoms in total. The summed E-state index contributed by atoms with van der Waals surface area (Å²) in [5.41, 5.74) is 7.91. The van der Waals surface area contributed by atoms with E-state index in [9.17, 15) is 0 Å². The Labute approximate surface area is 121 Å². The van der Waals surface area contributed by atoms with Gasteiger partial charge >= 0.3 is 0 Å². The zero-order valence-electron chi connectivity index (χ0n) is 10.8. The van der Waals surface area contributed by atoms with Crippen molar-refractivity contribution in [2.45, 2.75) is 32.2 Å². The lowest BCUT2D eigenvalue weighted by molar-refractivity contribution is 0.789. The van der Waals surface area contributed by atoms with Crippen LogP contribution in [0.3, 0.4) is 0 Å². The summed E-state index contributed by atoms with van der Waals surface area (Å²) in [7, 11) is 0. The van der Waals surface area contributed by atoms with Gasteiger partial charge in [-0.15, -0.1) is 11.3 Å². The molecular formula is C13H16N4S2. The predicted octanol–water partition coefficient (Wildman–Crippen LogP) is 2.64. The summed E-state index contributed by atoms with van der Waals surface area (Å²) in [4.78, 5) is 11.8. The summed E-state index contributed by atoms with van der Waals surface area (Å²) in [5, 5.41) is 2.14. The van der Waals surface area contributed by atoms with Crippen molar-refractivity contribution in [2.24, 2.45) is 5.73 Å². The minimum absolute atomic E-state index is 0.568. The molecule has 0 unspecified atom stereocenters. The maximum Gasteiger partial charge on any atom is 0.150 e. The number of fused-ring (bicyclic) bond motifs is 1. The number of thiophene rings is 1. The zero-order valence-corrected chi connectivity index (χ0v) is 12.4. The molecule has 0 aliphatic heterocycles. The summed E-state index contributed by atoms with van der Waals surface area (Å²) >= 11 is 6.71. The van der Waals surface area contributed by atoms with Gasteiger partial charge in [-0.25, -0.2) is 9.97 Å². The SMILES string of the molecule is Cc1csc2c(N(CCC(N)=S)C3CC3)ncnc12. The van der Waals surface area contributed by atoms with Crippen molar-refractivity contribution >= 4 is 44.6 Å². The molecule has 0 aromatic carbocycles. The largest absolute Gasteiger partial charge is 0.393 e. The number of hydrogen-bond acceptors (Lipinski definition) is 5. The molecule has 0 saturated heterocycles. The van der Waals surface area contributed by atoms with Crippen LogP contribution in [0.1, 0.15) is 24.8 Å². The Balaban J connectivity index is 1.97. The average molecular weight is 292 g/mol. The second-order valence-corrected chi connectivity index (χ2v) is 6.34. The minimum Gasteiger partial charge on any atom is -0.393 e. The van der Waals surface area contributed by atoms with E-state index in [2.05, 4.69) is 27.2 Å². The number of nitrogens with zero attached hydrogens (tertiary/aromatic N) is 3. The molecule has 0 bridgehead atoms. The lowest BCUT2D eigenvalue weighted by Crippen LogP contribution is -2.30. The molecule has 1 aliphatic carbocycles. The van der Waals surface area contributed by atoms with Crippen molar-refractivity contribution in [3.8, 4) is 0 Å². The maximum atomic E-state index is 5.63. The molecule has 0 spiro atoms. The average Bonchev–Trinajstić information content (AvgIpc) is 3.15. The predicted molar refractivity (Wildman–Crippen MR) is 83.9 cm³/mol. The van der Waals surface area contributed by atoms with Crippen molar-refractivity contribution < 1.29 is 0 Å². The summed E-state index contributed by atoms with van der Waals surface area (Å²) in [6, 6.07) is 0.592. The van der Waals surface area contributed by atoms with Gasteiger partial charge in [-0.1, -0.05) is 12.2 Å². The van der Waals surface area contributed by atoms with E-state index >= 15 is 0 Å². The normalized spacial score (nSPS) is 14.8. The summed E-state index contributed by atoms with van der Waals surface area (Å²) in [6.07, 6.45) is 4.86. The quantitative estimate of drug-likeness (QED) is 0.859. The third kappa shape index (κ3) is 2.55. The molecule has 1 saturated carbocycles. The van der Waals surface area contributed by atoms with Crippen LogP contribution in [-0.4, -0.2) is 27.5 Å². The fraction of sp³-hybridized carbons (Fsp3) is 0.462. The van der Waals surface area contributed by atoms with E-state index in [0.29, 0.717) is 11.0 Å². The van der Waals surface area contributed by atoms with Gasteiger partial charge in [-0.2, -0.15) is 0 Å².